The molecule has 0 aliphatic heterocycles. The lowest BCUT2D eigenvalue weighted by molar-refractivity contribution is 0.845. The van der Waals surface area contributed by atoms with Gasteiger partial charge in [-0.15, -0.1) is 11.3 Å². The van der Waals surface area contributed by atoms with Crippen LogP contribution in [0.4, 0.5) is 11.6 Å². The van der Waals surface area contributed by atoms with Gasteiger partial charge in [0.2, 0.25) is 0 Å². The van der Waals surface area contributed by atoms with Crippen LogP contribution in [0.5, 0.6) is 0 Å². The maximum absolute atomic E-state index is 5.51. The molecule has 0 atom stereocenters. The lowest BCUT2D eigenvalue weighted by atomic mass is 10.0. The summed E-state index contributed by atoms with van der Waals surface area (Å²) in [7, 11) is 0. The first kappa shape index (κ1) is 13.8. The van der Waals surface area contributed by atoms with Crippen molar-refractivity contribution in [3.05, 3.63) is 33.8 Å². The van der Waals surface area contributed by atoms with E-state index in [9.17, 15) is 0 Å². The van der Waals surface area contributed by atoms with Gasteiger partial charge in [0.25, 0.3) is 0 Å². The number of rotatable bonds is 5. The summed E-state index contributed by atoms with van der Waals surface area (Å²) < 4.78 is 0. The Kier molecular flexibility index (Phi) is 4.34. The summed E-state index contributed by atoms with van der Waals surface area (Å²) in [6, 6.07) is 2.12. The van der Waals surface area contributed by atoms with E-state index in [1.54, 1.807) is 11.3 Å². The minimum atomic E-state index is 0.291. The number of hydrogen-bond acceptors (Lipinski definition) is 6. The summed E-state index contributed by atoms with van der Waals surface area (Å²) in [5.74, 6) is 7.31. The number of nitrogens with one attached hydrogen (secondary N) is 2. The molecule has 0 saturated heterocycles. The number of aryl methyl sites for hydroxylation is 1. The van der Waals surface area contributed by atoms with Gasteiger partial charge in [-0.25, -0.2) is 15.8 Å². The van der Waals surface area contributed by atoms with Crippen LogP contribution in [0.25, 0.3) is 0 Å². The molecular formula is C13H19N5S. The van der Waals surface area contributed by atoms with Crippen molar-refractivity contribution in [2.45, 2.75) is 33.2 Å². The van der Waals surface area contributed by atoms with E-state index in [2.05, 4.69) is 52.9 Å². The second kappa shape index (κ2) is 5.99. The van der Waals surface area contributed by atoms with E-state index in [0.29, 0.717) is 11.7 Å². The zero-order chi connectivity index (χ0) is 13.8. The fourth-order valence-corrected chi connectivity index (χ4v) is 2.79. The van der Waals surface area contributed by atoms with Crippen LogP contribution >= 0.6 is 11.3 Å². The van der Waals surface area contributed by atoms with Crippen LogP contribution in [0, 0.1) is 6.92 Å². The minimum absolute atomic E-state index is 0.291. The van der Waals surface area contributed by atoms with Gasteiger partial charge >= 0.3 is 0 Å². The first-order chi connectivity index (χ1) is 9.13. The van der Waals surface area contributed by atoms with Crippen molar-refractivity contribution < 1.29 is 0 Å². The fourth-order valence-electron chi connectivity index (χ4n) is 1.95. The molecule has 0 spiro atoms. The highest BCUT2D eigenvalue weighted by Crippen LogP contribution is 2.28. The SMILES string of the molecule is Cc1ccsc1CNc1ncnc(NN)c1C(C)C. The minimum Gasteiger partial charge on any atom is -0.365 e. The highest BCUT2D eigenvalue weighted by molar-refractivity contribution is 7.10. The molecule has 5 nitrogen and oxygen atoms in total. The molecule has 0 aliphatic rings. The first-order valence-electron chi connectivity index (χ1n) is 6.21. The number of hydrogen-bond donors (Lipinski definition) is 3. The zero-order valence-electron chi connectivity index (χ0n) is 11.4. The van der Waals surface area contributed by atoms with Gasteiger partial charge in [-0.3, -0.25) is 0 Å². The average molecular weight is 277 g/mol. The standard InChI is InChI=1S/C13H19N5S/c1-8(2)11-12(16-7-17-13(11)18-14)15-6-10-9(3)4-5-19-10/h4-5,7-8H,6,14H2,1-3H3,(H2,15,16,17,18). The highest BCUT2D eigenvalue weighted by Gasteiger charge is 2.14. The zero-order valence-corrected chi connectivity index (χ0v) is 12.2. The molecule has 0 radical (unpaired) electrons. The molecule has 0 aliphatic carbocycles. The molecule has 0 fully saturated rings. The number of hydrazine groups is 1. The van der Waals surface area contributed by atoms with Gasteiger partial charge < -0.3 is 10.7 Å². The molecule has 2 rings (SSSR count). The third-order valence-corrected chi connectivity index (χ3v) is 4.01. The van der Waals surface area contributed by atoms with Crippen LogP contribution in [0.3, 0.4) is 0 Å². The molecule has 2 heterocycles. The largest absolute Gasteiger partial charge is 0.365 e. The molecule has 19 heavy (non-hydrogen) atoms. The Morgan fingerprint density at radius 2 is 2.05 bits per heavy atom. The predicted octanol–water partition coefficient (Wildman–Crippen LogP) is 2.87. The summed E-state index contributed by atoms with van der Waals surface area (Å²) in [4.78, 5) is 9.80. The van der Waals surface area contributed by atoms with E-state index in [4.69, 9.17) is 5.84 Å². The van der Waals surface area contributed by atoms with Crippen molar-refractivity contribution in [3.8, 4) is 0 Å². The van der Waals surface area contributed by atoms with Crippen molar-refractivity contribution in [1.29, 1.82) is 0 Å². The molecule has 102 valence electrons. The number of nitrogen functional groups attached to an aromatic ring is 1. The Labute approximate surface area is 117 Å². The molecule has 2 aromatic heterocycles. The second-order valence-corrected chi connectivity index (χ2v) is 5.66. The van der Waals surface area contributed by atoms with Gasteiger partial charge in [0.1, 0.15) is 18.0 Å². The van der Waals surface area contributed by atoms with Crippen LogP contribution < -0.4 is 16.6 Å². The Morgan fingerprint density at radius 1 is 1.32 bits per heavy atom. The lowest BCUT2D eigenvalue weighted by Crippen LogP contribution is -2.15. The van der Waals surface area contributed by atoms with E-state index in [0.717, 1.165) is 17.9 Å². The van der Waals surface area contributed by atoms with Crippen molar-refractivity contribution >= 4 is 23.0 Å². The highest BCUT2D eigenvalue weighted by atomic mass is 32.1. The number of anilines is 2. The maximum atomic E-state index is 5.51. The molecular weight excluding hydrogens is 258 g/mol. The molecule has 4 N–H and O–H groups in total. The Balaban J connectivity index is 2.22. The monoisotopic (exact) mass is 277 g/mol. The average Bonchev–Trinajstić information content (AvgIpc) is 2.81. The van der Waals surface area contributed by atoms with Gasteiger partial charge in [0, 0.05) is 10.4 Å². The van der Waals surface area contributed by atoms with E-state index in [1.807, 2.05) is 0 Å². The molecule has 0 amide bonds. The molecule has 0 aromatic carbocycles. The molecule has 6 heteroatoms. The van der Waals surface area contributed by atoms with Crippen LogP contribution in [-0.2, 0) is 6.54 Å². The van der Waals surface area contributed by atoms with Gasteiger partial charge in [0.15, 0.2) is 0 Å². The maximum Gasteiger partial charge on any atom is 0.148 e. The predicted molar refractivity (Wildman–Crippen MR) is 80.3 cm³/mol. The quantitative estimate of drug-likeness (QED) is 0.579. The Hall–Kier alpha value is -1.66. The van der Waals surface area contributed by atoms with Crippen LogP contribution in [0.15, 0.2) is 17.8 Å². The Morgan fingerprint density at radius 3 is 2.63 bits per heavy atom. The molecule has 2 aromatic rings. The molecule has 0 unspecified atom stereocenters. The Bertz CT molecular complexity index is 550. The number of nitrogens with zero attached hydrogens (tertiary/aromatic N) is 2. The summed E-state index contributed by atoms with van der Waals surface area (Å²) in [5, 5.41) is 5.48. The van der Waals surface area contributed by atoms with E-state index in [1.165, 1.54) is 16.8 Å². The van der Waals surface area contributed by atoms with Crippen molar-refractivity contribution in [3.63, 3.8) is 0 Å². The van der Waals surface area contributed by atoms with Crippen molar-refractivity contribution in [2.75, 3.05) is 10.7 Å². The van der Waals surface area contributed by atoms with Crippen LogP contribution in [0.1, 0.15) is 35.8 Å². The fraction of sp³-hybridized carbons (Fsp3) is 0.385. The summed E-state index contributed by atoms with van der Waals surface area (Å²) in [6.45, 7) is 7.08. The molecule has 0 bridgehead atoms. The van der Waals surface area contributed by atoms with Crippen molar-refractivity contribution in [2.24, 2.45) is 5.84 Å². The van der Waals surface area contributed by atoms with Gasteiger partial charge in [-0.2, -0.15) is 0 Å². The van der Waals surface area contributed by atoms with E-state index in [-0.39, 0.29) is 0 Å². The van der Waals surface area contributed by atoms with Gasteiger partial charge in [-0.1, -0.05) is 13.8 Å². The molecule has 0 saturated carbocycles. The third kappa shape index (κ3) is 3.02. The third-order valence-electron chi connectivity index (χ3n) is 2.98. The smallest absolute Gasteiger partial charge is 0.148 e. The topological polar surface area (TPSA) is 75.9 Å². The summed E-state index contributed by atoms with van der Waals surface area (Å²) >= 11 is 1.75. The number of aromatic nitrogens is 2. The summed E-state index contributed by atoms with van der Waals surface area (Å²) in [5.41, 5.74) is 4.95. The first-order valence-corrected chi connectivity index (χ1v) is 7.09. The van der Waals surface area contributed by atoms with Crippen LogP contribution in [0.2, 0.25) is 0 Å². The van der Waals surface area contributed by atoms with Crippen LogP contribution in [-0.4, -0.2) is 9.97 Å². The lowest BCUT2D eigenvalue weighted by Gasteiger charge is -2.16. The van der Waals surface area contributed by atoms with Gasteiger partial charge in [0.05, 0.1) is 6.54 Å². The van der Waals surface area contributed by atoms with E-state index < -0.39 is 0 Å². The van der Waals surface area contributed by atoms with Gasteiger partial charge in [-0.05, 0) is 29.9 Å². The van der Waals surface area contributed by atoms with E-state index >= 15 is 0 Å². The second-order valence-electron chi connectivity index (χ2n) is 4.66. The number of thiophene rings is 1. The number of nitrogens with two attached hydrogens (primary N) is 1. The normalized spacial score (nSPS) is 10.8. The van der Waals surface area contributed by atoms with Crippen molar-refractivity contribution in [1.82, 2.24) is 9.97 Å². The summed E-state index contributed by atoms with van der Waals surface area (Å²) in [6.07, 6.45) is 1.52.